The number of hydrogen-bond acceptors (Lipinski definition) is 2. The number of piperidine rings is 1. The maximum Gasteiger partial charge on any atom is 0.0381 e. The van der Waals surface area contributed by atoms with Crippen LogP contribution in [0.1, 0.15) is 31.2 Å². The molecule has 2 heteroatoms. The van der Waals surface area contributed by atoms with Crippen molar-refractivity contribution in [2.24, 2.45) is 0 Å². The average molecular weight is 244 g/mol. The summed E-state index contributed by atoms with van der Waals surface area (Å²) in [5.74, 6) is 0. The molecule has 0 unspecified atom stereocenters. The molecule has 1 N–H and O–H groups in total. The Bertz CT molecular complexity index is 375. The SMILES string of the molecule is C=C(CCN1CCCCC1)Nc1ccc(C)cc1. The van der Waals surface area contributed by atoms with Crippen molar-refractivity contribution in [3.05, 3.63) is 42.1 Å². The summed E-state index contributed by atoms with van der Waals surface area (Å²) in [6.07, 6.45) is 5.16. The number of anilines is 1. The van der Waals surface area contributed by atoms with E-state index in [0.29, 0.717) is 0 Å². The van der Waals surface area contributed by atoms with E-state index < -0.39 is 0 Å². The first-order valence-corrected chi connectivity index (χ1v) is 6.98. The Labute approximate surface area is 111 Å². The molecule has 1 aliphatic rings. The standard InChI is InChI=1S/C16H24N2/c1-14-6-8-16(9-7-14)17-15(2)10-13-18-11-4-3-5-12-18/h6-9,17H,2-5,10-13H2,1H3. The van der Waals surface area contributed by atoms with Crippen molar-refractivity contribution >= 4 is 5.69 Å². The van der Waals surface area contributed by atoms with Crippen LogP contribution in [0, 0.1) is 6.92 Å². The van der Waals surface area contributed by atoms with E-state index >= 15 is 0 Å². The number of aryl methyl sites for hydroxylation is 1. The molecule has 0 bridgehead atoms. The van der Waals surface area contributed by atoms with Crippen LogP contribution in [0.2, 0.25) is 0 Å². The van der Waals surface area contributed by atoms with Crippen LogP contribution in [0.15, 0.2) is 36.5 Å². The quantitative estimate of drug-likeness (QED) is 0.847. The maximum atomic E-state index is 4.12. The highest BCUT2D eigenvalue weighted by Gasteiger charge is 2.09. The smallest absolute Gasteiger partial charge is 0.0381 e. The van der Waals surface area contributed by atoms with E-state index in [1.165, 1.54) is 37.9 Å². The predicted molar refractivity (Wildman–Crippen MR) is 78.8 cm³/mol. The maximum absolute atomic E-state index is 4.12. The minimum atomic E-state index is 1.04. The van der Waals surface area contributed by atoms with Crippen molar-refractivity contribution in [1.29, 1.82) is 0 Å². The molecule has 2 rings (SSSR count). The summed E-state index contributed by atoms with van der Waals surface area (Å²) in [6, 6.07) is 8.48. The van der Waals surface area contributed by atoms with Crippen molar-refractivity contribution in [3.8, 4) is 0 Å². The molecule has 1 aromatic carbocycles. The minimum Gasteiger partial charge on any atom is -0.359 e. The monoisotopic (exact) mass is 244 g/mol. The van der Waals surface area contributed by atoms with Gasteiger partial charge < -0.3 is 10.2 Å². The van der Waals surface area contributed by atoms with Gasteiger partial charge in [-0.3, -0.25) is 0 Å². The van der Waals surface area contributed by atoms with Gasteiger partial charge in [-0.05, 0) is 51.4 Å². The third-order valence-electron chi connectivity index (χ3n) is 3.55. The molecule has 0 radical (unpaired) electrons. The molecule has 1 fully saturated rings. The van der Waals surface area contributed by atoms with Gasteiger partial charge in [0.15, 0.2) is 0 Å². The van der Waals surface area contributed by atoms with Crippen LogP contribution in [0.3, 0.4) is 0 Å². The summed E-state index contributed by atoms with van der Waals surface area (Å²) in [5, 5.41) is 3.39. The van der Waals surface area contributed by atoms with Crippen LogP contribution in [0.4, 0.5) is 5.69 Å². The van der Waals surface area contributed by atoms with Crippen molar-refractivity contribution in [2.45, 2.75) is 32.6 Å². The number of benzene rings is 1. The van der Waals surface area contributed by atoms with Crippen LogP contribution in [-0.4, -0.2) is 24.5 Å². The zero-order valence-corrected chi connectivity index (χ0v) is 11.4. The summed E-state index contributed by atoms with van der Waals surface area (Å²) in [7, 11) is 0. The molecular formula is C16H24N2. The van der Waals surface area contributed by atoms with Crippen molar-refractivity contribution < 1.29 is 0 Å². The number of hydrogen-bond donors (Lipinski definition) is 1. The van der Waals surface area contributed by atoms with E-state index in [0.717, 1.165) is 24.4 Å². The fourth-order valence-electron chi connectivity index (χ4n) is 2.38. The van der Waals surface area contributed by atoms with Gasteiger partial charge in [0.1, 0.15) is 0 Å². The summed E-state index contributed by atoms with van der Waals surface area (Å²) in [4.78, 5) is 2.55. The Morgan fingerprint density at radius 2 is 1.83 bits per heavy atom. The van der Waals surface area contributed by atoms with Gasteiger partial charge in [0.25, 0.3) is 0 Å². The lowest BCUT2D eigenvalue weighted by Gasteiger charge is -2.26. The zero-order valence-electron chi connectivity index (χ0n) is 11.4. The van der Waals surface area contributed by atoms with Gasteiger partial charge in [0.05, 0.1) is 0 Å². The van der Waals surface area contributed by atoms with E-state index in [1.54, 1.807) is 0 Å². The van der Waals surface area contributed by atoms with Gasteiger partial charge in [-0.1, -0.05) is 30.7 Å². The largest absolute Gasteiger partial charge is 0.359 e. The van der Waals surface area contributed by atoms with Gasteiger partial charge in [0, 0.05) is 17.9 Å². The van der Waals surface area contributed by atoms with Gasteiger partial charge in [-0.2, -0.15) is 0 Å². The van der Waals surface area contributed by atoms with Crippen LogP contribution in [0.5, 0.6) is 0 Å². The van der Waals surface area contributed by atoms with Crippen molar-refractivity contribution in [1.82, 2.24) is 4.90 Å². The third-order valence-corrected chi connectivity index (χ3v) is 3.55. The number of nitrogens with one attached hydrogen (secondary N) is 1. The minimum absolute atomic E-state index is 1.04. The van der Waals surface area contributed by atoms with Crippen LogP contribution in [0.25, 0.3) is 0 Å². The molecule has 0 amide bonds. The first-order valence-electron chi connectivity index (χ1n) is 6.98. The molecule has 98 valence electrons. The van der Waals surface area contributed by atoms with E-state index in [2.05, 4.69) is 48.0 Å². The highest BCUT2D eigenvalue weighted by Crippen LogP contribution is 2.14. The number of likely N-dealkylation sites (tertiary alicyclic amines) is 1. The van der Waals surface area contributed by atoms with E-state index in [4.69, 9.17) is 0 Å². The molecule has 0 spiro atoms. The zero-order chi connectivity index (χ0) is 12.8. The molecule has 0 aliphatic carbocycles. The van der Waals surface area contributed by atoms with E-state index in [9.17, 15) is 0 Å². The Kier molecular flexibility index (Phi) is 4.82. The molecule has 0 atom stereocenters. The molecule has 0 aromatic heterocycles. The highest BCUT2D eigenvalue weighted by atomic mass is 15.1. The molecule has 18 heavy (non-hydrogen) atoms. The lowest BCUT2D eigenvalue weighted by molar-refractivity contribution is 0.231. The Balaban J connectivity index is 1.73. The predicted octanol–water partition coefficient (Wildman–Crippen LogP) is 3.80. The summed E-state index contributed by atoms with van der Waals surface area (Å²) in [6.45, 7) is 9.89. The van der Waals surface area contributed by atoms with Crippen LogP contribution < -0.4 is 5.32 Å². The Morgan fingerprint density at radius 3 is 2.50 bits per heavy atom. The molecular weight excluding hydrogens is 220 g/mol. The lowest BCUT2D eigenvalue weighted by atomic mass is 10.1. The second-order valence-corrected chi connectivity index (χ2v) is 5.25. The lowest BCUT2D eigenvalue weighted by Crippen LogP contribution is -2.31. The first-order chi connectivity index (χ1) is 8.74. The summed E-state index contributed by atoms with van der Waals surface area (Å²) >= 11 is 0. The van der Waals surface area contributed by atoms with E-state index in [1.807, 2.05) is 0 Å². The first kappa shape index (κ1) is 13.2. The van der Waals surface area contributed by atoms with Crippen LogP contribution in [-0.2, 0) is 0 Å². The summed E-state index contributed by atoms with van der Waals surface area (Å²) < 4.78 is 0. The molecule has 1 saturated heterocycles. The Hall–Kier alpha value is -1.28. The van der Waals surface area contributed by atoms with E-state index in [-0.39, 0.29) is 0 Å². The highest BCUT2D eigenvalue weighted by molar-refractivity contribution is 5.48. The topological polar surface area (TPSA) is 15.3 Å². The van der Waals surface area contributed by atoms with Gasteiger partial charge in [-0.15, -0.1) is 0 Å². The molecule has 1 aliphatic heterocycles. The van der Waals surface area contributed by atoms with Gasteiger partial charge >= 0.3 is 0 Å². The normalized spacial score (nSPS) is 16.5. The fraction of sp³-hybridized carbons (Fsp3) is 0.500. The second kappa shape index (κ2) is 6.60. The van der Waals surface area contributed by atoms with Crippen LogP contribution >= 0.6 is 0 Å². The van der Waals surface area contributed by atoms with Gasteiger partial charge in [-0.25, -0.2) is 0 Å². The fourth-order valence-corrected chi connectivity index (χ4v) is 2.38. The second-order valence-electron chi connectivity index (χ2n) is 5.25. The molecule has 1 heterocycles. The average Bonchev–Trinajstić information content (AvgIpc) is 2.40. The Morgan fingerprint density at radius 1 is 1.17 bits per heavy atom. The third kappa shape index (κ3) is 4.19. The molecule has 0 saturated carbocycles. The molecule has 2 nitrogen and oxygen atoms in total. The molecule has 1 aromatic rings. The van der Waals surface area contributed by atoms with Crippen molar-refractivity contribution in [3.63, 3.8) is 0 Å². The van der Waals surface area contributed by atoms with Crippen molar-refractivity contribution in [2.75, 3.05) is 25.0 Å². The number of rotatable bonds is 5. The summed E-state index contributed by atoms with van der Waals surface area (Å²) in [5.41, 5.74) is 3.55. The van der Waals surface area contributed by atoms with Gasteiger partial charge in [0.2, 0.25) is 0 Å². The number of nitrogens with zero attached hydrogens (tertiary/aromatic N) is 1.